The molecule has 0 aliphatic heterocycles. The fourth-order valence-electron chi connectivity index (χ4n) is 1.38. The van der Waals surface area contributed by atoms with Gasteiger partial charge in [0.15, 0.2) is 21.5 Å². The standard InChI is InChI=1S/C10H8F2N2O3S/c1-18(15,16)5-2-6(10(12)7(11)3-5)8-4-9(13)17-14-8/h2-4H,13H2,1H3. The summed E-state index contributed by atoms with van der Waals surface area (Å²) in [4.78, 5) is -0.349. The van der Waals surface area contributed by atoms with Gasteiger partial charge in [0, 0.05) is 17.9 Å². The molecule has 0 radical (unpaired) electrons. The molecule has 0 aliphatic rings. The molecule has 2 N–H and O–H groups in total. The van der Waals surface area contributed by atoms with Crippen LogP contribution in [0.25, 0.3) is 11.3 Å². The first-order chi connectivity index (χ1) is 8.29. The lowest BCUT2D eigenvalue weighted by atomic mass is 10.1. The van der Waals surface area contributed by atoms with E-state index < -0.39 is 21.5 Å². The summed E-state index contributed by atoms with van der Waals surface area (Å²) in [5.41, 5.74) is 4.87. The third-order valence-electron chi connectivity index (χ3n) is 2.23. The Kier molecular flexibility index (Phi) is 2.81. The lowest BCUT2D eigenvalue weighted by Gasteiger charge is -2.04. The van der Waals surface area contributed by atoms with Gasteiger partial charge in [-0.25, -0.2) is 17.2 Å². The number of nitrogen functional groups attached to an aromatic ring is 1. The van der Waals surface area contributed by atoms with Crippen molar-refractivity contribution >= 4 is 15.7 Å². The zero-order valence-corrected chi connectivity index (χ0v) is 9.96. The summed E-state index contributed by atoms with van der Waals surface area (Å²) in [6.45, 7) is 0. The number of sulfone groups is 1. The monoisotopic (exact) mass is 274 g/mol. The van der Waals surface area contributed by atoms with Crippen molar-refractivity contribution in [1.29, 1.82) is 0 Å². The Morgan fingerprint density at radius 2 is 1.94 bits per heavy atom. The molecule has 0 amide bonds. The normalized spacial score (nSPS) is 11.7. The number of nitrogens with zero attached hydrogens (tertiary/aromatic N) is 1. The van der Waals surface area contributed by atoms with E-state index in [1.165, 1.54) is 6.07 Å². The molecule has 0 unspecified atom stereocenters. The molecule has 0 spiro atoms. The first-order valence-electron chi connectivity index (χ1n) is 4.70. The van der Waals surface area contributed by atoms with Crippen LogP contribution in [0.2, 0.25) is 0 Å². The molecule has 1 heterocycles. The zero-order chi connectivity index (χ0) is 13.5. The van der Waals surface area contributed by atoms with Gasteiger partial charge in [0.05, 0.1) is 4.90 Å². The van der Waals surface area contributed by atoms with Crippen LogP contribution in [0.3, 0.4) is 0 Å². The van der Waals surface area contributed by atoms with E-state index in [-0.39, 0.29) is 22.0 Å². The average Bonchev–Trinajstić information content (AvgIpc) is 2.67. The lowest BCUT2D eigenvalue weighted by molar-refractivity contribution is 0.438. The van der Waals surface area contributed by atoms with Crippen molar-refractivity contribution in [1.82, 2.24) is 5.16 Å². The summed E-state index contributed by atoms with van der Waals surface area (Å²) >= 11 is 0. The van der Waals surface area contributed by atoms with E-state index in [0.717, 1.165) is 12.3 Å². The van der Waals surface area contributed by atoms with Crippen LogP contribution in [0.5, 0.6) is 0 Å². The minimum absolute atomic E-state index is 0.0746. The van der Waals surface area contributed by atoms with Crippen LogP contribution < -0.4 is 5.73 Å². The zero-order valence-electron chi connectivity index (χ0n) is 9.15. The molecular weight excluding hydrogens is 266 g/mol. The molecule has 0 bridgehead atoms. The summed E-state index contributed by atoms with van der Waals surface area (Å²) in [5.74, 6) is -2.58. The number of anilines is 1. The highest BCUT2D eigenvalue weighted by molar-refractivity contribution is 7.90. The van der Waals surface area contributed by atoms with Gasteiger partial charge in [-0.15, -0.1) is 0 Å². The van der Waals surface area contributed by atoms with Crippen LogP contribution in [0.4, 0.5) is 14.7 Å². The maximum absolute atomic E-state index is 13.6. The van der Waals surface area contributed by atoms with Crippen LogP contribution in [0.15, 0.2) is 27.6 Å². The second-order valence-corrected chi connectivity index (χ2v) is 5.67. The van der Waals surface area contributed by atoms with Gasteiger partial charge in [0.25, 0.3) is 0 Å². The fourth-order valence-corrected chi connectivity index (χ4v) is 2.03. The molecule has 0 atom stereocenters. The van der Waals surface area contributed by atoms with E-state index in [0.29, 0.717) is 6.07 Å². The Hall–Kier alpha value is -1.96. The SMILES string of the molecule is CS(=O)(=O)c1cc(F)c(F)c(-c2cc(N)on2)c1. The molecule has 2 aromatic rings. The van der Waals surface area contributed by atoms with Crippen LogP contribution in [-0.2, 0) is 9.84 Å². The third kappa shape index (κ3) is 2.19. The van der Waals surface area contributed by atoms with Gasteiger partial charge in [-0.05, 0) is 12.1 Å². The van der Waals surface area contributed by atoms with E-state index in [9.17, 15) is 17.2 Å². The van der Waals surface area contributed by atoms with Crippen molar-refractivity contribution < 1.29 is 21.7 Å². The van der Waals surface area contributed by atoms with Crippen molar-refractivity contribution in [2.45, 2.75) is 4.90 Å². The van der Waals surface area contributed by atoms with Crippen LogP contribution in [0.1, 0.15) is 0 Å². The minimum Gasteiger partial charge on any atom is -0.368 e. The van der Waals surface area contributed by atoms with Crippen molar-refractivity contribution in [3.05, 3.63) is 29.8 Å². The number of hydrogen-bond donors (Lipinski definition) is 1. The van der Waals surface area contributed by atoms with E-state index in [4.69, 9.17) is 5.73 Å². The molecule has 0 aliphatic carbocycles. The van der Waals surface area contributed by atoms with Crippen molar-refractivity contribution in [2.75, 3.05) is 12.0 Å². The van der Waals surface area contributed by atoms with Crippen LogP contribution in [-0.4, -0.2) is 19.8 Å². The van der Waals surface area contributed by atoms with E-state index >= 15 is 0 Å². The third-order valence-corrected chi connectivity index (χ3v) is 3.33. The molecule has 2 rings (SSSR count). The van der Waals surface area contributed by atoms with Crippen LogP contribution >= 0.6 is 0 Å². The number of nitrogens with two attached hydrogens (primary N) is 1. The van der Waals surface area contributed by atoms with Gasteiger partial charge in [0.2, 0.25) is 5.88 Å². The topological polar surface area (TPSA) is 86.2 Å². The Morgan fingerprint density at radius 3 is 2.44 bits per heavy atom. The molecule has 18 heavy (non-hydrogen) atoms. The Labute approximate surface area is 101 Å². The largest absolute Gasteiger partial charge is 0.368 e. The minimum atomic E-state index is -3.66. The molecule has 8 heteroatoms. The van der Waals surface area contributed by atoms with Gasteiger partial charge in [-0.3, -0.25) is 0 Å². The van der Waals surface area contributed by atoms with E-state index in [2.05, 4.69) is 9.68 Å². The smallest absolute Gasteiger partial charge is 0.222 e. The summed E-state index contributed by atoms with van der Waals surface area (Å²) in [6, 6.07) is 2.76. The summed E-state index contributed by atoms with van der Waals surface area (Å²) in [5, 5.41) is 3.41. The average molecular weight is 274 g/mol. The molecule has 1 aromatic carbocycles. The van der Waals surface area contributed by atoms with Gasteiger partial charge < -0.3 is 10.3 Å². The van der Waals surface area contributed by atoms with Crippen molar-refractivity contribution in [3.63, 3.8) is 0 Å². The van der Waals surface area contributed by atoms with Gasteiger partial charge in [0.1, 0.15) is 5.69 Å². The molecule has 1 aromatic heterocycles. The molecule has 0 saturated heterocycles. The predicted octanol–water partition coefficient (Wildman–Crippen LogP) is 1.61. The van der Waals surface area contributed by atoms with E-state index in [1.807, 2.05) is 0 Å². The predicted molar refractivity (Wildman–Crippen MR) is 59.4 cm³/mol. The highest BCUT2D eigenvalue weighted by atomic mass is 32.2. The summed E-state index contributed by atoms with van der Waals surface area (Å²) in [7, 11) is -3.66. The van der Waals surface area contributed by atoms with Crippen molar-refractivity contribution in [3.8, 4) is 11.3 Å². The Balaban J connectivity index is 2.71. The maximum Gasteiger partial charge on any atom is 0.222 e. The van der Waals surface area contributed by atoms with Gasteiger partial charge in [-0.2, -0.15) is 0 Å². The van der Waals surface area contributed by atoms with Crippen molar-refractivity contribution in [2.24, 2.45) is 0 Å². The fraction of sp³-hybridized carbons (Fsp3) is 0.100. The second kappa shape index (κ2) is 4.05. The number of halogens is 2. The van der Waals surface area contributed by atoms with Gasteiger partial charge >= 0.3 is 0 Å². The summed E-state index contributed by atoms with van der Waals surface area (Å²) in [6.07, 6.45) is 0.890. The lowest BCUT2D eigenvalue weighted by Crippen LogP contribution is -2.01. The Morgan fingerprint density at radius 1 is 1.28 bits per heavy atom. The molecular formula is C10H8F2N2O3S. The number of benzene rings is 1. The summed E-state index contributed by atoms with van der Waals surface area (Å²) < 4.78 is 54.1. The molecule has 96 valence electrons. The van der Waals surface area contributed by atoms with E-state index in [1.54, 1.807) is 0 Å². The molecule has 0 saturated carbocycles. The van der Waals surface area contributed by atoms with Crippen LogP contribution in [0, 0.1) is 11.6 Å². The molecule has 0 fully saturated rings. The molecule has 5 nitrogen and oxygen atoms in total. The highest BCUT2D eigenvalue weighted by Crippen LogP contribution is 2.28. The highest BCUT2D eigenvalue weighted by Gasteiger charge is 2.19. The van der Waals surface area contributed by atoms with Gasteiger partial charge in [-0.1, -0.05) is 5.16 Å². The second-order valence-electron chi connectivity index (χ2n) is 3.65. The number of hydrogen-bond acceptors (Lipinski definition) is 5. The number of aromatic nitrogens is 1. The number of rotatable bonds is 2. The quantitative estimate of drug-likeness (QED) is 0.841. The maximum atomic E-state index is 13.6. The first-order valence-corrected chi connectivity index (χ1v) is 6.60. The Bertz CT molecular complexity index is 710. The first kappa shape index (κ1) is 12.5.